The molecule has 0 amide bonds. The van der Waals surface area contributed by atoms with Crippen molar-refractivity contribution in [2.75, 3.05) is 21.3 Å². The van der Waals surface area contributed by atoms with Gasteiger partial charge in [0.2, 0.25) is 0 Å². The topological polar surface area (TPSA) is 30.5 Å². The zero-order valence-electron chi connectivity index (χ0n) is 11.4. The van der Waals surface area contributed by atoms with Crippen molar-refractivity contribution in [2.45, 2.75) is 6.04 Å². The maximum Gasteiger partial charge on any atom is 0.127 e. The highest BCUT2D eigenvalue weighted by Crippen LogP contribution is 2.43. The summed E-state index contributed by atoms with van der Waals surface area (Å²) in [6.45, 7) is 0. The van der Waals surface area contributed by atoms with Crippen LogP contribution in [-0.2, 0) is 0 Å². The summed E-state index contributed by atoms with van der Waals surface area (Å²) in [4.78, 5) is 0. The van der Waals surface area contributed by atoms with Gasteiger partial charge in [0.1, 0.15) is 11.5 Å². The average molecular weight is 421 g/mol. The van der Waals surface area contributed by atoms with Crippen LogP contribution in [0.5, 0.6) is 11.5 Å². The number of hydrogen-bond acceptors (Lipinski definition) is 4. The molecule has 2 aromatic rings. The molecule has 3 nitrogen and oxygen atoms in total. The lowest BCUT2D eigenvalue weighted by Gasteiger charge is -2.21. The van der Waals surface area contributed by atoms with Gasteiger partial charge in [0.25, 0.3) is 0 Å². The van der Waals surface area contributed by atoms with Crippen molar-refractivity contribution < 1.29 is 9.47 Å². The maximum atomic E-state index is 5.50. The monoisotopic (exact) mass is 419 g/mol. The number of benzene rings is 1. The largest absolute Gasteiger partial charge is 0.496 e. The minimum atomic E-state index is -0.0157. The van der Waals surface area contributed by atoms with Crippen molar-refractivity contribution in [3.05, 3.63) is 43.0 Å². The molecule has 108 valence electrons. The van der Waals surface area contributed by atoms with Crippen LogP contribution < -0.4 is 14.8 Å². The Bertz CT molecular complexity index is 579. The Morgan fingerprint density at radius 1 is 1.15 bits per heavy atom. The van der Waals surface area contributed by atoms with Gasteiger partial charge in [-0.15, -0.1) is 11.3 Å². The SMILES string of the molecule is CNC(c1cc(Br)sc1Br)c1c(OC)cccc1OC. The Morgan fingerprint density at radius 2 is 1.75 bits per heavy atom. The van der Waals surface area contributed by atoms with E-state index in [0.29, 0.717) is 0 Å². The molecule has 1 heterocycles. The number of hydrogen-bond donors (Lipinski definition) is 1. The summed E-state index contributed by atoms with van der Waals surface area (Å²) in [6, 6.07) is 7.89. The minimum Gasteiger partial charge on any atom is -0.496 e. The molecule has 1 N–H and O–H groups in total. The second-order valence-corrected chi connectivity index (χ2v) is 7.83. The van der Waals surface area contributed by atoms with Crippen molar-refractivity contribution >= 4 is 43.2 Å². The van der Waals surface area contributed by atoms with E-state index in [1.807, 2.05) is 25.2 Å². The van der Waals surface area contributed by atoms with E-state index in [9.17, 15) is 0 Å². The van der Waals surface area contributed by atoms with E-state index < -0.39 is 0 Å². The normalized spacial score (nSPS) is 12.2. The second kappa shape index (κ2) is 6.93. The summed E-state index contributed by atoms with van der Waals surface area (Å²) in [5, 5.41) is 3.33. The van der Waals surface area contributed by atoms with Crippen molar-refractivity contribution in [1.82, 2.24) is 5.32 Å². The molecule has 0 fully saturated rings. The molecule has 1 aromatic heterocycles. The summed E-state index contributed by atoms with van der Waals surface area (Å²) in [6.07, 6.45) is 0. The predicted octanol–water partition coefficient (Wildman–Crippen LogP) is 4.60. The molecule has 0 aliphatic carbocycles. The van der Waals surface area contributed by atoms with Crippen LogP contribution in [0.4, 0.5) is 0 Å². The molecule has 1 aromatic carbocycles. The Labute approximate surface area is 139 Å². The molecule has 1 atom stereocenters. The fourth-order valence-corrected chi connectivity index (χ4v) is 5.07. The van der Waals surface area contributed by atoms with Crippen LogP contribution in [0.2, 0.25) is 0 Å². The van der Waals surface area contributed by atoms with E-state index in [1.54, 1.807) is 25.6 Å². The van der Waals surface area contributed by atoms with Gasteiger partial charge in [-0.3, -0.25) is 0 Å². The highest BCUT2D eigenvalue weighted by Gasteiger charge is 2.24. The zero-order valence-corrected chi connectivity index (χ0v) is 15.4. The summed E-state index contributed by atoms with van der Waals surface area (Å²) < 4.78 is 13.1. The number of ether oxygens (including phenoxy) is 2. The fourth-order valence-electron chi connectivity index (χ4n) is 2.17. The molecule has 1 unspecified atom stereocenters. The van der Waals surface area contributed by atoms with Gasteiger partial charge in [-0.05, 0) is 57.1 Å². The van der Waals surface area contributed by atoms with E-state index in [0.717, 1.165) is 30.2 Å². The lowest BCUT2D eigenvalue weighted by atomic mass is 9.99. The first-order valence-electron chi connectivity index (χ1n) is 5.95. The lowest BCUT2D eigenvalue weighted by Crippen LogP contribution is -2.19. The molecular formula is C14H15Br2NO2S. The smallest absolute Gasteiger partial charge is 0.127 e. The Morgan fingerprint density at radius 3 is 2.15 bits per heavy atom. The molecule has 0 radical (unpaired) electrons. The van der Waals surface area contributed by atoms with Crippen LogP contribution in [0.1, 0.15) is 17.2 Å². The van der Waals surface area contributed by atoms with Crippen molar-refractivity contribution in [3.8, 4) is 11.5 Å². The van der Waals surface area contributed by atoms with Crippen LogP contribution >= 0.6 is 43.2 Å². The fraction of sp³-hybridized carbons (Fsp3) is 0.286. The Hall–Kier alpha value is -0.560. The molecule has 2 rings (SSSR count). The summed E-state index contributed by atoms with van der Waals surface area (Å²) in [5.74, 6) is 1.61. The van der Waals surface area contributed by atoms with E-state index in [-0.39, 0.29) is 6.04 Å². The highest BCUT2D eigenvalue weighted by atomic mass is 79.9. The van der Waals surface area contributed by atoms with E-state index in [1.165, 1.54) is 0 Å². The number of methoxy groups -OCH3 is 2. The third-order valence-electron chi connectivity index (χ3n) is 3.04. The minimum absolute atomic E-state index is 0.0157. The molecule has 0 aliphatic heterocycles. The third-order valence-corrected chi connectivity index (χ3v) is 5.42. The van der Waals surface area contributed by atoms with E-state index in [2.05, 4.69) is 43.2 Å². The van der Waals surface area contributed by atoms with Crippen molar-refractivity contribution in [2.24, 2.45) is 0 Å². The molecule has 6 heteroatoms. The second-order valence-electron chi connectivity index (χ2n) is 4.08. The summed E-state index contributed by atoms with van der Waals surface area (Å²) >= 11 is 8.78. The lowest BCUT2D eigenvalue weighted by molar-refractivity contribution is 0.379. The number of nitrogens with one attached hydrogen (secondary N) is 1. The number of rotatable bonds is 5. The van der Waals surface area contributed by atoms with Gasteiger partial charge < -0.3 is 14.8 Å². The Kier molecular flexibility index (Phi) is 5.49. The van der Waals surface area contributed by atoms with Gasteiger partial charge in [-0.2, -0.15) is 0 Å². The molecular weight excluding hydrogens is 406 g/mol. The molecule has 0 saturated heterocycles. The van der Waals surface area contributed by atoms with Gasteiger partial charge in [-0.1, -0.05) is 6.07 Å². The van der Waals surface area contributed by atoms with Crippen LogP contribution in [0.25, 0.3) is 0 Å². The number of halogens is 2. The zero-order chi connectivity index (χ0) is 14.7. The first kappa shape index (κ1) is 15.8. The quantitative estimate of drug-likeness (QED) is 0.766. The standard InChI is InChI=1S/C14H15Br2NO2S/c1-17-13(8-7-11(15)20-14(8)16)12-9(18-2)5-4-6-10(12)19-3/h4-7,13,17H,1-3H3. The summed E-state index contributed by atoms with van der Waals surface area (Å²) in [5.41, 5.74) is 2.14. The van der Waals surface area contributed by atoms with Gasteiger partial charge >= 0.3 is 0 Å². The predicted molar refractivity (Wildman–Crippen MR) is 90.2 cm³/mol. The molecule has 0 saturated carbocycles. The van der Waals surface area contributed by atoms with E-state index in [4.69, 9.17) is 9.47 Å². The molecule has 0 bridgehead atoms. The van der Waals surface area contributed by atoms with E-state index >= 15 is 0 Å². The molecule has 20 heavy (non-hydrogen) atoms. The van der Waals surface area contributed by atoms with Gasteiger partial charge in [0.15, 0.2) is 0 Å². The first-order chi connectivity index (χ1) is 9.62. The van der Waals surface area contributed by atoms with Gasteiger partial charge in [0, 0.05) is 5.56 Å². The maximum absolute atomic E-state index is 5.50. The van der Waals surface area contributed by atoms with Crippen molar-refractivity contribution in [3.63, 3.8) is 0 Å². The summed E-state index contributed by atoms with van der Waals surface area (Å²) in [7, 11) is 5.27. The molecule has 0 spiro atoms. The molecule has 0 aliphatic rings. The van der Waals surface area contributed by atoms with Gasteiger partial charge in [-0.25, -0.2) is 0 Å². The van der Waals surface area contributed by atoms with Crippen LogP contribution in [0, 0.1) is 0 Å². The van der Waals surface area contributed by atoms with Crippen LogP contribution in [-0.4, -0.2) is 21.3 Å². The van der Waals surface area contributed by atoms with Crippen LogP contribution in [0.15, 0.2) is 31.8 Å². The van der Waals surface area contributed by atoms with Crippen molar-refractivity contribution in [1.29, 1.82) is 0 Å². The average Bonchev–Trinajstić information content (AvgIpc) is 2.78. The van der Waals surface area contributed by atoms with Gasteiger partial charge in [0.05, 0.1) is 33.4 Å². The third kappa shape index (κ3) is 3.03. The van der Waals surface area contributed by atoms with Crippen LogP contribution in [0.3, 0.4) is 0 Å². The number of thiophene rings is 1. The first-order valence-corrected chi connectivity index (χ1v) is 8.35. The Balaban J connectivity index is 2.59. The highest BCUT2D eigenvalue weighted by molar-refractivity contribution is 9.12.